The number of rotatable bonds is 5. The van der Waals surface area contributed by atoms with Crippen molar-refractivity contribution in [2.75, 3.05) is 12.9 Å². The van der Waals surface area contributed by atoms with Crippen molar-refractivity contribution < 1.29 is 13.2 Å². The predicted octanol–water partition coefficient (Wildman–Crippen LogP) is 2.46. The van der Waals surface area contributed by atoms with Gasteiger partial charge in [0.2, 0.25) is 0 Å². The van der Waals surface area contributed by atoms with E-state index in [1.54, 1.807) is 36.7 Å². The van der Waals surface area contributed by atoms with Gasteiger partial charge in [0.25, 0.3) is 0 Å². The SMILES string of the molecule is CS(=O)(=O)c1ccc(-c2cnc(OCC3CC4CCC5(CC35)N4)nc2)cc1. The highest BCUT2D eigenvalue weighted by Crippen LogP contribution is 2.59. The molecule has 2 aliphatic heterocycles. The van der Waals surface area contributed by atoms with Crippen LogP contribution in [0.3, 0.4) is 0 Å². The standard InChI is InChI=1S/C20H23N3O3S/c1-27(24,25)17-4-2-13(3-5-17)15-10-21-19(22-11-15)26-12-14-8-16-6-7-20(23-16)9-18(14)20/h2-5,10-11,14,16,18,23H,6-9,12H2,1H3. The van der Waals surface area contributed by atoms with Gasteiger partial charge >= 0.3 is 6.01 Å². The molecule has 4 atom stereocenters. The van der Waals surface area contributed by atoms with Crippen LogP contribution in [-0.2, 0) is 9.84 Å². The normalized spacial score (nSPS) is 31.4. The van der Waals surface area contributed by atoms with Crippen molar-refractivity contribution in [3.63, 3.8) is 0 Å². The van der Waals surface area contributed by atoms with Crippen molar-refractivity contribution in [2.45, 2.75) is 42.2 Å². The number of hydrogen-bond donors (Lipinski definition) is 1. The van der Waals surface area contributed by atoms with E-state index in [0.29, 0.717) is 35.0 Å². The summed E-state index contributed by atoms with van der Waals surface area (Å²) in [7, 11) is -3.19. The van der Waals surface area contributed by atoms with Crippen molar-refractivity contribution in [1.82, 2.24) is 15.3 Å². The average Bonchev–Trinajstić information content (AvgIpc) is 3.28. The molecule has 3 heterocycles. The maximum Gasteiger partial charge on any atom is 0.316 e. The van der Waals surface area contributed by atoms with Gasteiger partial charge in [-0.3, -0.25) is 0 Å². The summed E-state index contributed by atoms with van der Waals surface area (Å²) in [4.78, 5) is 8.97. The molecule has 1 spiro atoms. The highest BCUT2D eigenvalue weighted by atomic mass is 32.2. The molecule has 3 aliphatic rings. The minimum Gasteiger partial charge on any atom is -0.463 e. The number of fused-ring (bicyclic) bond motifs is 1. The van der Waals surface area contributed by atoms with Crippen LogP contribution in [0, 0.1) is 11.8 Å². The summed E-state index contributed by atoms with van der Waals surface area (Å²) < 4.78 is 29.0. The third-order valence-electron chi connectivity index (χ3n) is 6.39. The van der Waals surface area contributed by atoms with Crippen molar-refractivity contribution >= 4 is 9.84 Å². The smallest absolute Gasteiger partial charge is 0.316 e. The van der Waals surface area contributed by atoms with Gasteiger partial charge in [0, 0.05) is 35.8 Å². The predicted molar refractivity (Wildman–Crippen MR) is 101 cm³/mol. The lowest BCUT2D eigenvalue weighted by Crippen LogP contribution is -2.41. The number of ether oxygens (including phenoxy) is 1. The molecule has 142 valence electrons. The van der Waals surface area contributed by atoms with Gasteiger partial charge < -0.3 is 10.1 Å². The first-order chi connectivity index (χ1) is 12.9. The summed E-state index contributed by atoms with van der Waals surface area (Å²) in [5.41, 5.74) is 2.15. The lowest BCUT2D eigenvalue weighted by Gasteiger charge is -2.28. The highest BCUT2D eigenvalue weighted by Gasteiger charge is 2.63. The molecule has 1 aromatic heterocycles. The van der Waals surface area contributed by atoms with Gasteiger partial charge in [-0.15, -0.1) is 0 Å². The van der Waals surface area contributed by atoms with Gasteiger partial charge in [-0.25, -0.2) is 18.4 Å². The molecule has 1 aliphatic carbocycles. The van der Waals surface area contributed by atoms with E-state index in [4.69, 9.17) is 4.74 Å². The third kappa shape index (κ3) is 3.12. The molecule has 6 nitrogen and oxygen atoms in total. The van der Waals surface area contributed by atoms with Crippen LogP contribution in [0.5, 0.6) is 6.01 Å². The van der Waals surface area contributed by atoms with Crippen LogP contribution in [0.2, 0.25) is 0 Å². The first kappa shape index (κ1) is 17.1. The second kappa shape index (κ2) is 6.01. The Morgan fingerprint density at radius 1 is 1.19 bits per heavy atom. The number of nitrogens with zero attached hydrogens (tertiary/aromatic N) is 2. The van der Waals surface area contributed by atoms with E-state index in [0.717, 1.165) is 17.0 Å². The first-order valence-electron chi connectivity index (χ1n) is 9.46. The van der Waals surface area contributed by atoms with Crippen LogP contribution >= 0.6 is 0 Å². The summed E-state index contributed by atoms with van der Waals surface area (Å²) in [5.74, 6) is 1.36. The lowest BCUT2D eigenvalue weighted by atomic mass is 9.93. The molecule has 1 saturated carbocycles. The van der Waals surface area contributed by atoms with E-state index in [1.165, 1.54) is 31.9 Å². The van der Waals surface area contributed by atoms with Gasteiger partial charge in [-0.05, 0) is 55.2 Å². The Morgan fingerprint density at radius 3 is 2.63 bits per heavy atom. The van der Waals surface area contributed by atoms with Crippen LogP contribution in [0.15, 0.2) is 41.6 Å². The zero-order valence-electron chi connectivity index (χ0n) is 15.3. The Morgan fingerprint density at radius 2 is 1.93 bits per heavy atom. The number of piperidine rings is 1. The Kier molecular flexibility index (Phi) is 3.81. The molecule has 1 aromatic carbocycles. The fraction of sp³-hybridized carbons (Fsp3) is 0.500. The minimum absolute atomic E-state index is 0.306. The summed E-state index contributed by atoms with van der Waals surface area (Å²) in [5, 5.41) is 3.78. The lowest BCUT2D eigenvalue weighted by molar-refractivity contribution is 0.172. The molecule has 0 radical (unpaired) electrons. The number of nitrogens with one attached hydrogen (secondary N) is 1. The number of sulfone groups is 1. The summed E-state index contributed by atoms with van der Waals surface area (Å²) in [6.45, 7) is 0.687. The maximum atomic E-state index is 11.6. The van der Waals surface area contributed by atoms with Crippen molar-refractivity contribution in [3.8, 4) is 17.1 Å². The molecule has 4 unspecified atom stereocenters. The number of aromatic nitrogens is 2. The van der Waals surface area contributed by atoms with Crippen LogP contribution in [0.25, 0.3) is 11.1 Å². The van der Waals surface area contributed by atoms with Gasteiger partial charge in [0.1, 0.15) is 0 Å². The monoisotopic (exact) mass is 385 g/mol. The molecule has 5 rings (SSSR count). The number of benzene rings is 1. The quantitative estimate of drug-likeness (QED) is 0.852. The zero-order valence-corrected chi connectivity index (χ0v) is 16.1. The molecular formula is C20H23N3O3S. The Bertz CT molecular complexity index is 959. The molecular weight excluding hydrogens is 362 g/mol. The van der Waals surface area contributed by atoms with E-state index in [-0.39, 0.29) is 0 Å². The minimum atomic E-state index is -3.19. The van der Waals surface area contributed by atoms with Gasteiger partial charge in [-0.1, -0.05) is 12.1 Å². The van der Waals surface area contributed by atoms with E-state index in [1.807, 2.05) is 0 Å². The van der Waals surface area contributed by atoms with E-state index >= 15 is 0 Å². The third-order valence-corrected chi connectivity index (χ3v) is 7.52. The number of hydrogen-bond acceptors (Lipinski definition) is 6. The van der Waals surface area contributed by atoms with Crippen LogP contribution < -0.4 is 10.1 Å². The van der Waals surface area contributed by atoms with Gasteiger partial charge in [-0.2, -0.15) is 0 Å². The van der Waals surface area contributed by atoms with E-state index in [9.17, 15) is 8.42 Å². The zero-order chi connectivity index (χ0) is 18.6. The summed E-state index contributed by atoms with van der Waals surface area (Å²) in [6.07, 6.45) is 9.76. The van der Waals surface area contributed by atoms with E-state index < -0.39 is 9.84 Å². The second-order valence-corrected chi connectivity index (χ2v) is 10.2. The summed E-state index contributed by atoms with van der Waals surface area (Å²) in [6, 6.07) is 7.82. The van der Waals surface area contributed by atoms with Crippen molar-refractivity contribution in [1.29, 1.82) is 0 Å². The van der Waals surface area contributed by atoms with Crippen molar-refractivity contribution in [3.05, 3.63) is 36.7 Å². The second-order valence-electron chi connectivity index (χ2n) is 8.20. The molecule has 2 aromatic rings. The molecule has 2 saturated heterocycles. The van der Waals surface area contributed by atoms with E-state index in [2.05, 4.69) is 15.3 Å². The maximum absolute atomic E-state index is 11.6. The first-order valence-corrected chi connectivity index (χ1v) is 11.4. The Hall–Kier alpha value is -1.99. The van der Waals surface area contributed by atoms with Gasteiger partial charge in [0.15, 0.2) is 9.84 Å². The largest absolute Gasteiger partial charge is 0.463 e. The Balaban J connectivity index is 1.23. The fourth-order valence-electron chi connectivity index (χ4n) is 4.89. The van der Waals surface area contributed by atoms with Crippen LogP contribution in [0.1, 0.15) is 25.7 Å². The molecule has 1 N–H and O–H groups in total. The summed E-state index contributed by atoms with van der Waals surface area (Å²) >= 11 is 0. The topological polar surface area (TPSA) is 81.2 Å². The average molecular weight is 385 g/mol. The Labute approximate surface area is 159 Å². The molecule has 7 heteroatoms. The van der Waals surface area contributed by atoms with Crippen molar-refractivity contribution in [2.24, 2.45) is 11.8 Å². The van der Waals surface area contributed by atoms with Crippen LogP contribution in [-0.4, -0.2) is 42.8 Å². The molecule has 2 bridgehead atoms. The molecule has 0 amide bonds. The molecule has 27 heavy (non-hydrogen) atoms. The van der Waals surface area contributed by atoms with Crippen LogP contribution in [0.4, 0.5) is 0 Å². The molecule has 3 fully saturated rings. The fourth-order valence-corrected chi connectivity index (χ4v) is 5.52. The highest BCUT2D eigenvalue weighted by molar-refractivity contribution is 7.90. The van der Waals surface area contributed by atoms with Gasteiger partial charge in [0.05, 0.1) is 11.5 Å².